The Kier molecular flexibility index (Phi) is 3.33. The molecule has 1 unspecified atom stereocenters. The molecule has 1 rings (SSSR count). The van der Waals surface area contributed by atoms with E-state index in [0.717, 1.165) is 0 Å². The minimum absolute atomic E-state index is 0.0963. The number of ether oxygens (including phenoxy) is 1. The number of hydrogen-bond acceptors (Lipinski definition) is 2. The van der Waals surface area contributed by atoms with Crippen molar-refractivity contribution in [3.8, 4) is 0 Å². The first kappa shape index (κ1) is 10.8. The Labute approximate surface area is 85.0 Å². The summed E-state index contributed by atoms with van der Waals surface area (Å²) >= 11 is 0. The highest BCUT2D eigenvalue weighted by molar-refractivity contribution is 5.70. The van der Waals surface area contributed by atoms with Crippen LogP contribution in [-0.2, 0) is 4.74 Å². The van der Waals surface area contributed by atoms with E-state index in [0.29, 0.717) is 6.61 Å². The average molecular weight is 195 g/mol. The maximum Gasteiger partial charge on any atom is 0.414 e. The lowest BCUT2D eigenvalue weighted by molar-refractivity contribution is 0.115. The molecule has 0 saturated carbocycles. The van der Waals surface area contributed by atoms with E-state index in [9.17, 15) is 4.79 Å². The topological polar surface area (TPSA) is 29.5 Å². The van der Waals surface area contributed by atoms with E-state index in [2.05, 4.69) is 0 Å². The van der Waals surface area contributed by atoms with Crippen LogP contribution < -0.4 is 0 Å². The molecule has 1 amide bonds. The molecule has 0 radical (unpaired) electrons. The molecule has 1 aliphatic rings. The van der Waals surface area contributed by atoms with Gasteiger partial charge in [0.2, 0.25) is 0 Å². The highest BCUT2D eigenvalue weighted by atomic mass is 16.6. The molecule has 3 heteroatoms. The van der Waals surface area contributed by atoms with Crippen molar-refractivity contribution in [3.63, 3.8) is 0 Å². The van der Waals surface area contributed by atoms with Gasteiger partial charge in [0.1, 0.15) is 0 Å². The summed E-state index contributed by atoms with van der Waals surface area (Å²) in [7, 11) is 0. The Bertz CT molecular complexity index is 292. The van der Waals surface area contributed by atoms with Gasteiger partial charge in [-0.05, 0) is 44.9 Å². The molecule has 0 fully saturated rings. The van der Waals surface area contributed by atoms with Crippen LogP contribution in [0.4, 0.5) is 4.79 Å². The van der Waals surface area contributed by atoms with E-state index in [-0.39, 0.29) is 12.1 Å². The zero-order chi connectivity index (χ0) is 10.7. The molecular weight excluding hydrogens is 178 g/mol. The number of allylic oxidation sites excluding steroid dienone is 2. The van der Waals surface area contributed by atoms with Gasteiger partial charge in [-0.3, -0.25) is 4.90 Å². The van der Waals surface area contributed by atoms with Gasteiger partial charge in [0.25, 0.3) is 0 Å². The van der Waals surface area contributed by atoms with Gasteiger partial charge in [0, 0.05) is 6.20 Å². The fourth-order valence-corrected chi connectivity index (χ4v) is 1.41. The normalized spacial score (nSPS) is 21.4. The molecule has 0 saturated heterocycles. The molecule has 0 aromatic rings. The summed E-state index contributed by atoms with van der Waals surface area (Å²) in [4.78, 5) is 13.1. The second-order valence-electron chi connectivity index (χ2n) is 3.46. The SMILES string of the molecule is CCOC(=O)N1C=CC(C)=C(C)C1C. The molecule has 0 bridgehead atoms. The van der Waals surface area contributed by atoms with Crippen LogP contribution in [0.5, 0.6) is 0 Å². The maximum atomic E-state index is 11.5. The van der Waals surface area contributed by atoms with Gasteiger partial charge >= 0.3 is 6.09 Å². The van der Waals surface area contributed by atoms with Crippen molar-refractivity contribution in [1.82, 2.24) is 4.90 Å². The molecular formula is C11H17NO2. The quantitative estimate of drug-likeness (QED) is 0.643. The number of hydrogen-bond donors (Lipinski definition) is 0. The second-order valence-corrected chi connectivity index (χ2v) is 3.46. The first-order valence-corrected chi connectivity index (χ1v) is 4.88. The largest absolute Gasteiger partial charge is 0.449 e. The number of rotatable bonds is 1. The van der Waals surface area contributed by atoms with E-state index in [1.54, 1.807) is 11.1 Å². The second kappa shape index (κ2) is 4.31. The zero-order valence-electron chi connectivity index (χ0n) is 9.20. The van der Waals surface area contributed by atoms with Gasteiger partial charge in [-0.2, -0.15) is 0 Å². The summed E-state index contributed by atoms with van der Waals surface area (Å²) in [5.74, 6) is 0. The van der Waals surface area contributed by atoms with Crippen molar-refractivity contribution < 1.29 is 9.53 Å². The van der Waals surface area contributed by atoms with Crippen LogP contribution in [-0.4, -0.2) is 23.6 Å². The lowest BCUT2D eigenvalue weighted by Crippen LogP contribution is -2.37. The van der Waals surface area contributed by atoms with E-state index >= 15 is 0 Å². The van der Waals surface area contributed by atoms with E-state index < -0.39 is 0 Å². The predicted molar refractivity (Wildman–Crippen MR) is 55.8 cm³/mol. The predicted octanol–water partition coefficient (Wildman–Crippen LogP) is 2.70. The third-order valence-corrected chi connectivity index (χ3v) is 2.63. The molecule has 1 atom stereocenters. The standard InChI is InChI=1S/C11H17NO2/c1-5-14-11(13)12-7-6-8(2)9(3)10(12)4/h6-7,10H,5H2,1-4H3. The van der Waals surface area contributed by atoms with Gasteiger partial charge in [-0.15, -0.1) is 0 Å². The van der Waals surface area contributed by atoms with Gasteiger partial charge in [-0.25, -0.2) is 4.79 Å². The lowest BCUT2D eigenvalue weighted by Gasteiger charge is -2.29. The van der Waals surface area contributed by atoms with E-state index in [1.165, 1.54) is 11.1 Å². The van der Waals surface area contributed by atoms with E-state index in [4.69, 9.17) is 4.74 Å². The molecule has 3 nitrogen and oxygen atoms in total. The van der Waals surface area contributed by atoms with Crippen molar-refractivity contribution in [2.45, 2.75) is 33.7 Å². The molecule has 0 aromatic carbocycles. The summed E-state index contributed by atoms with van der Waals surface area (Å²) in [6.07, 6.45) is 3.44. The van der Waals surface area contributed by atoms with Crippen LogP contribution in [0, 0.1) is 0 Å². The van der Waals surface area contributed by atoms with Crippen molar-refractivity contribution in [3.05, 3.63) is 23.4 Å². The van der Waals surface area contributed by atoms with Gasteiger partial charge in [-0.1, -0.05) is 0 Å². The Morgan fingerprint density at radius 3 is 2.79 bits per heavy atom. The third kappa shape index (κ3) is 1.97. The van der Waals surface area contributed by atoms with Crippen LogP contribution >= 0.6 is 0 Å². The Morgan fingerprint density at radius 2 is 2.21 bits per heavy atom. The summed E-state index contributed by atoms with van der Waals surface area (Å²) in [6, 6.07) is 0.0963. The molecule has 0 N–H and O–H groups in total. The van der Waals surface area contributed by atoms with Gasteiger partial charge < -0.3 is 4.74 Å². The molecule has 1 heterocycles. The van der Waals surface area contributed by atoms with Crippen LogP contribution in [0.1, 0.15) is 27.7 Å². The average Bonchev–Trinajstić information content (AvgIpc) is 2.15. The fourth-order valence-electron chi connectivity index (χ4n) is 1.41. The monoisotopic (exact) mass is 195 g/mol. The van der Waals surface area contributed by atoms with Crippen molar-refractivity contribution in [2.24, 2.45) is 0 Å². The minimum Gasteiger partial charge on any atom is -0.449 e. The van der Waals surface area contributed by atoms with Gasteiger partial charge in [0.15, 0.2) is 0 Å². The maximum absolute atomic E-state index is 11.5. The summed E-state index contributed by atoms with van der Waals surface area (Å²) in [6.45, 7) is 8.31. The lowest BCUT2D eigenvalue weighted by atomic mass is 10.0. The number of amides is 1. The van der Waals surface area contributed by atoms with Crippen LogP contribution in [0.15, 0.2) is 23.4 Å². The first-order valence-electron chi connectivity index (χ1n) is 4.88. The van der Waals surface area contributed by atoms with Gasteiger partial charge in [0.05, 0.1) is 12.6 Å². The van der Waals surface area contributed by atoms with E-state index in [1.807, 2.05) is 33.8 Å². The highest BCUT2D eigenvalue weighted by Crippen LogP contribution is 2.21. The first-order chi connectivity index (χ1) is 6.57. The Morgan fingerprint density at radius 1 is 1.57 bits per heavy atom. The summed E-state index contributed by atoms with van der Waals surface area (Å²) in [5, 5.41) is 0. The third-order valence-electron chi connectivity index (χ3n) is 2.63. The Balaban J connectivity index is 2.77. The molecule has 1 aliphatic heterocycles. The smallest absolute Gasteiger partial charge is 0.414 e. The number of carbonyl (C=O) groups excluding carboxylic acids is 1. The molecule has 0 spiro atoms. The van der Waals surface area contributed by atoms with Crippen LogP contribution in [0.2, 0.25) is 0 Å². The fraction of sp³-hybridized carbons (Fsp3) is 0.545. The molecule has 0 aliphatic carbocycles. The van der Waals surface area contributed by atoms with Crippen LogP contribution in [0.3, 0.4) is 0 Å². The summed E-state index contributed by atoms with van der Waals surface area (Å²) < 4.78 is 4.95. The summed E-state index contributed by atoms with van der Waals surface area (Å²) in [5.41, 5.74) is 2.43. The van der Waals surface area contributed by atoms with Crippen LogP contribution in [0.25, 0.3) is 0 Å². The van der Waals surface area contributed by atoms with Crippen molar-refractivity contribution >= 4 is 6.09 Å². The number of nitrogens with zero attached hydrogens (tertiary/aromatic N) is 1. The zero-order valence-corrected chi connectivity index (χ0v) is 9.20. The highest BCUT2D eigenvalue weighted by Gasteiger charge is 2.23. The number of carbonyl (C=O) groups is 1. The van der Waals surface area contributed by atoms with Crippen molar-refractivity contribution in [2.75, 3.05) is 6.61 Å². The molecule has 78 valence electrons. The molecule has 14 heavy (non-hydrogen) atoms. The van der Waals surface area contributed by atoms with Crippen molar-refractivity contribution in [1.29, 1.82) is 0 Å². The minimum atomic E-state index is -0.275. The Hall–Kier alpha value is -1.25. The molecule has 0 aromatic heterocycles.